The molecule has 0 aliphatic carbocycles. The molecule has 0 unspecified atom stereocenters. The lowest BCUT2D eigenvalue weighted by Gasteiger charge is -2.03. The van der Waals surface area contributed by atoms with Crippen molar-refractivity contribution in [3.8, 4) is 6.07 Å². The second kappa shape index (κ2) is 6.87. The topological polar surface area (TPSA) is 70.0 Å². The molecule has 5 heteroatoms. The Bertz CT molecular complexity index is 254. The van der Waals surface area contributed by atoms with Gasteiger partial charge in [-0.1, -0.05) is 19.8 Å². The summed E-state index contributed by atoms with van der Waals surface area (Å²) >= 11 is 0. The smallest absolute Gasteiger partial charge is 0.211 e. The summed E-state index contributed by atoms with van der Waals surface area (Å²) in [6.07, 6.45) is 2.86. The molecule has 0 bridgehead atoms. The van der Waals surface area contributed by atoms with E-state index in [1.54, 1.807) is 0 Å². The molecule has 0 heterocycles. The van der Waals surface area contributed by atoms with Crippen LogP contribution in [-0.4, -0.2) is 20.7 Å². The van der Waals surface area contributed by atoms with Crippen LogP contribution in [0.15, 0.2) is 0 Å². The van der Waals surface area contributed by atoms with Gasteiger partial charge in [0.1, 0.15) is 0 Å². The van der Waals surface area contributed by atoms with Gasteiger partial charge in [0.05, 0.1) is 11.8 Å². The summed E-state index contributed by atoms with van der Waals surface area (Å²) in [5.74, 6) is 0.173. The minimum Gasteiger partial charge on any atom is -0.214 e. The molecular weight excluding hydrogens is 188 g/mol. The Morgan fingerprint density at radius 3 is 2.62 bits per heavy atom. The Balaban J connectivity index is 3.63. The SMILES string of the molecule is CCCCCS(=O)(=O)NCCC#N. The Morgan fingerprint density at radius 2 is 2.08 bits per heavy atom. The number of unbranched alkanes of at least 4 members (excludes halogenated alkanes) is 2. The molecule has 0 saturated carbocycles. The molecule has 0 fully saturated rings. The third-order valence-corrected chi connectivity index (χ3v) is 3.05. The van der Waals surface area contributed by atoms with Gasteiger partial charge in [0.15, 0.2) is 0 Å². The molecule has 0 aromatic heterocycles. The number of hydrogen-bond donors (Lipinski definition) is 1. The summed E-state index contributed by atoms with van der Waals surface area (Å²) < 4.78 is 24.7. The van der Waals surface area contributed by atoms with Gasteiger partial charge < -0.3 is 0 Å². The maximum absolute atomic E-state index is 11.2. The fraction of sp³-hybridized carbons (Fsp3) is 0.875. The fourth-order valence-corrected chi connectivity index (χ4v) is 2.02. The predicted molar refractivity (Wildman–Crippen MR) is 51.5 cm³/mol. The largest absolute Gasteiger partial charge is 0.214 e. The molecule has 4 nitrogen and oxygen atoms in total. The molecule has 0 atom stereocenters. The van der Waals surface area contributed by atoms with E-state index in [1.165, 1.54) is 0 Å². The van der Waals surface area contributed by atoms with Crippen molar-refractivity contribution in [2.24, 2.45) is 0 Å². The molecule has 1 N–H and O–H groups in total. The van der Waals surface area contributed by atoms with E-state index in [9.17, 15) is 8.42 Å². The lowest BCUT2D eigenvalue weighted by molar-refractivity contribution is 0.577. The summed E-state index contributed by atoms with van der Waals surface area (Å²) in [5.41, 5.74) is 0. The first-order chi connectivity index (χ1) is 6.12. The van der Waals surface area contributed by atoms with Crippen molar-refractivity contribution in [2.75, 3.05) is 12.3 Å². The fourth-order valence-electron chi connectivity index (χ4n) is 0.877. The van der Waals surface area contributed by atoms with Crippen LogP contribution < -0.4 is 4.72 Å². The Kier molecular flexibility index (Phi) is 6.55. The van der Waals surface area contributed by atoms with Gasteiger partial charge in [-0.25, -0.2) is 13.1 Å². The summed E-state index contributed by atoms with van der Waals surface area (Å²) in [6.45, 7) is 2.25. The highest BCUT2D eigenvalue weighted by molar-refractivity contribution is 7.89. The van der Waals surface area contributed by atoms with E-state index in [0.29, 0.717) is 6.42 Å². The van der Waals surface area contributed by atoms with Crippen LogP contribution in [0.2, 0.25) is 0 Å². The van der Waals surface area contributed by atoms with Crippen LogP contribution in [0.5, 0.6) is 0 Å². The molecule has 0 spiro atoms. The molecule has 0 saturated heterocycles. The van der Waals surface area contributed by atoms with E-state index < -0.39 is 10.0 Å². The first-order valence-corrected chi connectivity index (χ1v) is 6.12. The third-order valence-electron chi connectivity index (χ3n) is 1.58. The van der Waals surface area contributed by atoms with Crippen molar-refractivity contribution in [2.45, 2.75) is 32.6 Å². The minimum absolute atomic E-state index is 0.173. The van der Waals surface area contributed by atoms with E-state index in [-0.39, 0.29) is 18.7 Å². The van der Waals surface area contributed by atoms with Crippen LogP contribution in [-0.2, 0) is 10.0 Å². The highest BCUT2D eigenvalue weighted by Gasteiger charge is 2.07. The van der Waals surface area contributed by atoms with E-state index in [2.05, 4.69) is 4.72 Å². The lowest BCUT2D eigenvalue weighted by atomic mass is 10.3. The van der Waals surface area contributed by atoms with Gasteiger partial charge in [-0.3, -0.25) is 0 Å². The lowest BCUT2D eigenvalue weighted by Crippen LogP contribution is -2.27. The standard InChI is InChI=1S/C8H16N2O2S/c1-2-3-4-8-13(11,12)10-7-5-6-9/h10H,2-5,7-8H2,1H3. The van der Waals surface area contributed by atoms with Crippen LogP contribution in [0.3, 0.4) is 0 Å². The normalized spacial score (nSPS) is 11.1. The first-order valence-electron chi connectivity index (χ1n) is 4.46. The maximum Gasteiger partial charge on any atom is 0.211 e. The molecule has 0 aromatic carbocycles. The Morgan fingerprint density at radius 1 is 1.38 bits per heavy atom. The number of hydrogen-bond acceptors (Lipinski definition) is 3. The van der Waals surface area contributed by atoms with Crippen LogP contribution in [0.1, 0.15) is 32.6 Å². The van der Waals surface area contributed by atoms with Gasteiger partial charge in [0.25, 0.3) is 0 Å². The van der Waals surface area contributed by atoms with Crippen molar-refractivity contribution in [1.29, 1.82) is 5.26 Å². The maximum atomic E-state index is 11.2. The van der Waals surface area contributed by atoms with Gasteiger partial charge in [0, 0.05) is 13.0 Å². The van der Waals surface area contributed by atoms with E-state index in [4.69, 9.17) is 5.26 Å². The zero-order valence-electron chi connectivity index (χ0n) is 7.91. The Hall–Kier alpha value is -0.600. The van der Waals surface area contributed by atoms with E-state index in [0.717, 1.165) is 12.8 Å². The second-order valence-corrected chi connectivity index (χ2v) is 4.75. The average Bonchev–Trinajstić information content (AvgIpc) is 2.05. The van der Waals surface area contributed by atoms with Crippen molar-refractivity contribution >= 4 is 10.0 Å². The van der Waals surface area contributed by atoms with Crippen LogP contribution in [0.25, 0.3) is 0 Å². The highest BCUT2D eigenvalue weighted by atomic mass is 32.2. The third kappa shape index (κ3) is 7.75. The molecule has 0 amide bonds. The zero-order chi connectivity index (χ0) is 10.2. The molecule has 0 radical (unpaired) electrons. The van der Waals surface area contributed by atoms with Gasteiger partial charge in [-0.05, 0) is 6.42 Å². The van der Waals surface area contributed by atoms with Crippen molar-refractivity contribution in [3.05, 3.63) is 0 Å². The molecule has 0 aliphatic heterocycles. The molecule has 0 aliphatic rings. The summed E-state index contributed by atoms with van der Waals surface area (Å²) in [6, 6.07) is 1.88. The van der Waals surface area contributed by atoms with Crippen molar-refractivity contribution in [1.82, 2.24) is 4.72 Å². The summed E-state index contributed by atoms with van der Waals surface area (Å²) in [5, 5.41) is 8.19. The van der Waals surface area contributed by atoms with Crippen LogP contribution >= 0.6 is 0 Å². The van der Waals surface area contributed by atoms with Gasteiger partial charge in [-0.15, -0.1) is 0 Å². The average molecular weight is 204 g/mol. The minimum atomic E-state index is -3.13. The number of nitrogens with zero attached hydrogens (tertiary/aromatic N) is 1. The van der Waals surface area contributed by atoms with Gasteiger partial charge in [-0.2, -0.15) is 5.26 Å². The van der Waals surface area contributed by atoms with Crippen LogP contribution in [0, 0.1) is 11.3 Å². The molecule has 0 aromatic rings. The number of rotatable bonds is 7. The number of nitriles is 1. The Labute approximate surface area is 80.0 Å². The van der Waals surface area contributed by atoms with E-state index in [1.807, 2.05) is 13.0 Å². The number of sulfonamides is 1. The van der Waals surface area contributed by atoms with Crippen molar-refractivity contribution in [3.63, 3.8) is 0 Å². The monoisotopic (exact) mass is 204 g/mol. The molecule has 13 heavy (non-hydrogen) atoms. The molecular formula is C8H16N2O2S. The van der Waals surface area contributed by atoms with Crippen LogP contribution in [0.4, 0.5) is 0 Å². The second-order valence-electron chi connectivity index (χ2n) is 2.83. The quantitative estimate of drug-likeness (QED) is 0.629. The molecule has 0 rings (SSSR count). The summed E-state index contributed by atoms with van der Waals surface area (Å²) in [4.78, 5) is 0. The summed E-state index contributed by atoms with van der Waals surface area (Å²) in [7, 11) is -3.13. The first kappa shape index (κ1) is 12.4. The zero-order valence-corrected chi connectivity index (χ0v) is 8.73. The van der Waals surface area contributed by atoms with E-state index >= 15 is 0 Å². The van der Waals surface area contributed by atoms with Gasteiger partial charge in [0.2, 0.25) is 10.0 Å². The van der Waals surface area contributed by atoms with Gasteiger partial charge >= 0.3 is 0 Å². The molecule has 76 valence electrons. The predicted octanol–water partition coefficient (Wildman–Crippen LogP) is 1.01. The van der Waals surface area contributed by atoms with Crippen molar-refractivity contribution < 1.29 is 8.42 Å². The number of nitrogens with one attached hydrogen (secondary N) is 1. The highest BCUT2D eigenvalue weighted by Crippen LogP contribution is 1.97.